The van der Waals surface area contributed by atoms with Crippen LogP contribution in [0.1, 0.15) is 35.4 Å². The lowest BCUT2D eigenvalue weighted by molar-refractivity contribution is 0.0963. The first-order valence-corrected chi connectivity index (χ1v) is 10.3. The molecule has 0 bridgehead atoms. The Balaban J connectivity index is 1.61. The van der Waals surface area contributed by atoms with Crippen LogP contribution in [0.2, 0.25) is 15.1 Å². The van der Waals surface area contributed by atoms with Crippen LogP contribution in [-0.2, 0) is 13.0 Å². The number of carbonyl (C=O) groups excluding carboxylic acids is 1. The number of hydrogen-bond donors (Lipinski definition) is 2. The van der Waals surface area contributed by atoms with Gasteiger partial charge in [0.2, 0.25) is 0 Å². The number of nitrogens with zero attached hydrogens (tertiary/aromatic N) is 2. The third-order valence-corrected chi connectivity index (χ3v) is 5.70. The van der Waals surface area contributed by atoms with Crippen molar-refractivity contribution in [1.29, 1.82) is 0 Å². The van der Waals surface area contributed by atoms with Gasteiger partial charge in [-0.3, -0.25) is 25.0 Å². The standard InChI is InChI=1S/C20H17Cl3N4O2/c21-12-9-14(22)18(15(23)10-12)25-26-19(28)11-5-6-13-16(8-11)24-17-4-2-1-3-7-27(17)20(13)29/h5-6,8-10,25H,1-4,7H2,(H,26,28). The van der Waals surface area contributed by atoms with Crippen LogP contribution in [0.3, 0.4) is 0 Å². The van der Waals surface area contributed by atoms with E-state index >= 15 is 0 Å². The Morgan fingerprint density at radius 1 is 1.03 bits per heavy atom. The highest BCUT2D eigenvalue weighted by Gasteiger charge is 2.16. The summed E-state index contributed by atoms with van der Waals surface area (Å²) in [7, 11) is 0. The normalized spacial score (nSPS) is 13.6. The largest absolute Gasteiger partial charge is 0.296 e. The molecule has 1 aromatic heterocycles. The molecule has 0 spiro atoms. The highest BCUT2D eigenvalue weighted by atomic mass is 35.5. The molecule has 1 aliphatic rings. The van der Waals surface area contributed by atoms with Gasteiger partial charge in [-0.2, -0.15) is 0 Å². The summed E-state index contributed by atoms with van der Waals surface area (Å²) in [4.78, 5) is 30.0. The molecule has 0 atom stereocenters. The highest BCUT2D eigenvalue weighted by molar-refractivity contribution is 6.41. The Morgan fingerprint density at radius 3 is 2.55 bits per heavy atom. The molecule has 0 radical (unpaired) electrons. The molecule has 6 nitrogen and oxygen atoms in total. The number of anilines is 1. The summed E-state index contributed by atoms with van der Waals surface area (Å²) in [6, 6.07) is 7.88. The topological polar surface area (TPSA) is 76.0 Å². The fourth-order valence-electron chi connectivity index (χ4n) is 3.41. The van der Waals surface area contributed by atoms with E-state index in [0.717, 1.165) is 31.5 Å². The van der Waals surface area contributed by atoms with Gasteiger partial charge < -0.3 is 0 Å². The minimum absolute atomic E-state index is 0.0586. The van der Waals surface area contributed by atoms with Crippen LogP contribution in [-0.4, -0.2) is 15.5 Å². The van der Waals surface area contributed by atoms with Crippen molar-refractivity contribution in [3.05, 3.63) is 67.1 Å². The van der Waals surface area contributed by atoms with Crippen LogP contribution >= 0.6 is 34.8 Å². The molecular formula is C20H17Cl3N4O2. The number of carbonyl (C=O) groups is 1. The molecule has 1 aliphatic heterocycles. The zero-order valence-electron chi connectivity index (χ0n) is 15.3. The van der Waals surface area contributed by atoms with Crippen molar-refractivity contribution in [3.8, 4) is 0 Å². The van der Waals surface area contributed by atoms with Crippen molar-refractivity contribution in [2.24, 2.45) is 0 Å². The van der Waals surface area contributed by atoms with Gasteiger partial charge in [-0.1, -0.05) is 41.2 Å². The molecule has 9 heteroatoms. The monoisotopic (exact) mass is 450 g/mol. The Morgan fingerprint density at radius 2 is 1.79 bits per heavy atom. The number of halogens is 3. The van der Waals surface area contributed by atoms with Crippen LogP contribution in [0.5, 0.6) is 0 Å². The van der Waals surface area contributed by atoms with Crippen molar-refractivity contribution in [1.82, 2.24) is 15.0 Å². The van der Waals surface area contributed by atoms with Crippen LogP contribution in [0, 0.1) is 0 Å². The van der Waals surface area contributed by atoms with Crippen LogP contribution < -0.4 is 16.4 Å². The van der Waals surface area contributed by atoms with E-state index in [2.05, 4.69) is 15.8 Å². The van der Waals surface area contributed by atoms with Gasteiger partial charge in [0.25, 0.3) is 11.5 Å². The van der Waals surface area contributed by atoms with Gasteiger partial charge in [0, 0.05) is 23.6 Å². The molecule has 0 fully saturated rings. The Hall–Kier alpha value is -2.28. The van der Waals surface area contributed by atoms with E-state index < -0.39 is 5.91 Å². The maximum absolute atomic E-state index is 12.8. The maximum Gasteiger partial charge on any atom is 0.269 e. The Labute approximate surface area is 181 Å². The number of rotatable bonds is 3. The second kappa shape index (κ2) is 8.22. The van der Waals surface area contributed by atoms with E-state index in [9.17, 15) is 9.59 Å². The lowest BCUT2D eigenvalue weighted by atomic mass is 10.1. The van der Waals surface area contributed by atoms with Gasteiger partial charge in [-0.05, 0) is 43.2 Å². The highest BCUT2D eigenvalue weighted by Crippen LogP contribution is 2.33. The Bertz CT molecular complexity index is 1150. The van der Waals surface area contributed by atoms with Crippen LogP contribution in [0.4, 0.5) is 5.69 Å². The summed E-state index contributed by atoms with van der Waals surface area (Å²) in [5.41, 5.74) is 6.43. The van der Waals surface area contributed by atoms with E-state index in [1.807, 2.05) is 0 Å². The van der Waals surface area contributed by atoms with Crippen molar-refractivity contribution in [2.45, 2.75) is 32.2 Å². The lowest BCUT2D eigenvalue weighted by Gasteiger charge is -2.13. The third kappa shape index (κ3) is 4.06. The van der Waals surface area contributed by atoms with E-state index in [-0.39, 0.29) is 15.6 Å². The Kier molecular flexibility index (Phi) is 5.67. The second-order valence-electron chi connectivity index (χ2n) is 6.85. The summed E-state index contributed by atoms with van der Waals surface area (Å²) >= 11 is 18.1. The van der Waals surface area contributed by atoms with Gasteiger partial charge in [-0.15, -0.1) is 0 Å². The number of hydrazine groups is 1. The molecule has 2 aromatic carbocycles. The number of hydrogen-bond acceptors (Lipinski definition) is 4. The van der Waals surface area contributed by atoms with Gasteiger partial charge in [-0.25, -0.2) is 4.98 Å². The van der Waals surface area contributed by atoms with Gasteiger partial charge >= 0.3 is 0 Å². The van der Waals surface area contributed by atoms with Crippen molar-refractivity contribution in [3.63, 3.8) is 0 Å². The number of nitrogens with one attached hydrogen (secondary N) is 2. The van der Waals surface area contributed by atoms with Crippen LogP contribution in [0.25, 0.3) is 10.9 Å². The smallest absolute Gasteiger partial charge is 0.269 e. The molecule has 0 aliphatic carbocycles. The number of fused-ring (bicyclic) bond motifs is 2. The number of aromatic nitrogens is 2. The molecule has 2 N–H and O–H groups in total. The predicted molar refractivity (Wildman–Crippen MR) is 116 cm³/mol. The zero-order chi connectivity index (χ0) is 20.5. The molecule has 3 aromatic rings. The van der Waals surface area contributed by atoms with Crippen molar-refractivity contribution < 1.29 is 4.79 Å². The molecule has 2 heterocycles. The molecule has 29 heavy (non-hydrogen) atoms. The fourth-order valence-corrected chi connectivity index (χ4v) is 4.32. The van der Waals surface area contributed by atoms with Crippen molar-refractivity contribution >= 4 is 57.3 Å². The summed E-state index contributed by atoms with van der Waals surface area (Å²) in [5, 5.41) is 1.45. The van der Waals surface area contributed by atoms with Gasteiger partial charge in [0.05, 0.1) is 26.6 Å². The molecule has 4 rings (SSSR count). The minimum Gasteiger partial charge on any atom is -0.296 e. The summed E-state index contributed by atoms with van der Waals surface area (Å²) in [6.07, 6.45) is 3.82. The number of aryl methyl sites for hydroxylation is 1. The quantitative estimate of drug-likeness (QED) is 0.559. The average molecular weight is 452 g/mol. The lowest BCUT2D eigenvalue weighted by Crippen LogP contribution is -2.30. The summed E-state index contributed by atoms with van der Waals surface area (Å²) in [6.45, 7) is 0.686. The fraction of sp³-hybridized carbons (Fsp3) is 0.250. The SMILES string of the molecule is O=C(NNc1c(Cl)cc(Cl)cc1Cl)c1ccc2c(=O)n3c(nc2c1)CCCCC3. The molecule has 150 valence electrons. The van der Waals surface area contributed by atoms with Crippen molar-refractivity contribution in [2.75, 3.05) is 5.43 Å². The molecular weight excluding hydrogens is 435 g/mol. The predicted octanol–water partition coefficient (Wildman–Crippen LogP) is 4.84. The first kappa shape index (κ1) is 20.0. The van der Waals surface area contributed by atoms with E-state index in [1.165, 1.54) is 12.1 Å². The summed E-state index contributed by atoms with van der Waals surface area (Å²) in [5.74, 6) is 0.362. The first-order valence-electron chi connectivity index (χ1n) is 9.18. The molecule has 0 unspecified atom stereocenters. The average Bonchev–Trinajstić information content (AvgIpc) is 2.92. The second-order valence-corrected chi connectivity index (χ2v) is 8.10. The maximum atomic E-state index is 12.8. The van der Waals surface area contributed by atoms with E-state index in [1.54, 1.807) is 22.8 Å². The van der Waals surface area contributed by atoms with Crippen LogP contribution in [0.15, 0.2) is 35.1 Å². The van der Waals surface area contributed by atoms with Gasteiger partial charge in [0.1, 0.15) is 5.82 Å². The first-order chi connectivity index (χ1) is 13.9. The van der Waals surface area contributed by atoms with E-state index in [0.29, 0.717) is 33.7 Å². The number of amides is 1. The molecule has 0 saturated carbocycles. The molecule has 1 amide bonds. The molecule has 0 saturated heterocycles. The summed E-state index contributed by atoms with van der Waals surface area (Å²) < 4.78 is 1.75. The number of benzene rings is 2. The van der Waals surface area contributed by atoms with Gasteiger partial charge in [0.15, 0.2) is 0 Å². The zero-order valence-corrected chi connectivity index (χ0v) is 17.5. The third-order valence-electron chi connectivity index (χ3n) is 4.89. The van der Waals surface area contributed by atoms with E-state index in [4.69, 9.17) is 34.8 Å². The minimum atomic E-state index is -0.411.